The maximum atomic E-state index is 9.73. The Morgan fingerprint density at radius 3 is 2.46 bits per heavy atom. The van der Waals surface area contributed by atoms with Crippen LogP contribution in [-0.2, 0) is 9.47 Å². The van der Waals surface area contributed by atoms with E-state index in [-0.39, 0.29) is 6.10 Å². The average molecular weight is 188 g/mol. The molecule has 1 fully saturated rings. The van der Waals surface area contributed by atoms with Gasteiger partial charge in [-0.1, -0.05) is 0 Å². The first-order chi connectivity index (χ1) is 6.29. The molecule has 2 unspecified atom stereocenters. The first-order valence-corrected chi connectivity index (χ1v) is 5.17. The van der Waals surface area contributed by atoms with E-state index in [0.717, 1.165) is 0 Å². The summed E-state index contributed by atoms with van der Waals surface area (Å²) in [5, 5.41) is 9.73. The van der Waals surface area contributed by atoms with E-state index < -0.39 is 6.10 Å². The second-order valence-corrected chi connectivity index (χ2v) is 3.48. The number of aliphatic hydroxyl groups excluding tert-OH is 1. The molecule has 0 saturated heterocycles. The predicted molar refractivity (Wildman–Crippen MR) is 50.6 cm³/mol. The van der Waals surface area contributed by atoms with Gasteiger partial charge in [-0.05, 0) is 32.6 Å². The van der Waals surface area contributed by atoms with Crippen molar-refractivity contribution in [2.24, 2.45) is 5.92 Å². The van der Waals surface area contributed by atoms with Gasteiger partial charge in [-0.3, -0.25) is 0 Å². The molecule has 3 nitrogen and oxygen atoms in total. The fraction of sp³-hybridized carbons (Fsp3) is 1.00. The summed E-state index contributed by atoms with van der Waals surface area (Å²) in [6.07, 6.45) is 1.92. The second kappa shape index (κ2) is 5.58. The highest BCUT2D eigenvalue weighted by molar-refractivity contribution is 4.86. The third-order valence-corrected chi connectivity index (χ3v) is 2.32. The average Bonchev–Trinajstić information content (AvgIpc) is 2.93. The molecule has 0 spiro atoms. The van der Waals surface area contributed by atoms with Gasteiger partial charge in [0.15, 0.2) is 0 Å². The SMILES string of the molecule is CCOCC(O)C(OCC)C1CC1. The van der Waals surface area contributed by atoms with Crippen LogP contribution in [0.5, 0.6) is 0 Å². The number of hydrogen-bond donors (Lipinski definition) is 1. The molecule has 0 aromatic heterocycles. The topological polar surface area (TPSA) is 38.7 Å². The molecule has 1 rings (SSSR count). The molecular formula is C10H20O3. The lowest BCUT2D eigenvalue weighted by Crippen LogP contribution is -2.34. The third kappa shape index (κ3) is 3.63. The van der Waals surface area contributed by atoms with Gasteiger partial charge in [-0.15, -0.1) is 0 Å². The lowest BCUT2D eigenvalue weighted by Gasteiger charge is -2.22. The van der Waals surface area contributed by atoms with Crippen molar-refractivity contribution in [2.75, 3.05) is 19.8 Å². The maximum absolute atomic E-state index is 9.73. The van der Waals surface area contributed by atoms with Gasteiger partial charge in [0, 0.05) is 13.2 Å². The van der Waals surface area contributed by atoms with Crippen LogP contribution in [0.2, 0.25) is 0 Å². The molecule has 0 aromatic carbocycles. The number of ether oxygens (including phenoxy) is 2. The molecule has 2 atom stereocenters. The maximum Gasteiger partial charge on any atom is 0.104 e. The van der Waals surface area contributed by atoms with Gasteiger partial charge in [-0.25, -0.2) is 0 Å². The van der Waals surface area contributed by atoms with Gasteiger partial charge in [0.05, 0.1) is 12.7 Å². The van der Waals surface area contributed by atoms with Gasteiger partial charge in [0.1, 0.15) is 6.10 Å². The first kappa shape index (κ1) is 11.0. The molecular weight excluding hydrogens is 168 g/mol. The highest BCUT2D eigenvalue weighted by Gasteiger charge is 2.36. The molecule has 0 aliphatic heterocycles. The van der Waals surface area contributed by atoms with E-state index in [2.05, 4.69) is 0 Å². The fourth-order valence-electron chi connectivity index (χ4n) is 1.51. The lowest BCUT2D eigenvalue weighted by atomic mass is 10.1. The van der Waals surface area contributed by atoms with Crippen LogP contribution in [0.4, 0.5) is 0 Å². The van der Waals surface area contributed by atoms with Gasteiger partial charge >= 0.3 is 0 Å². The summed E-state index contributed by atoms with van der Waals surface area (Å²) < 4.78 is 10.7. The Hall–Kier alpha value is -0.120. The molecule has 0 bridgehead atoms. The quantitative estimate of drug-likeness (QED) is 0.652. The minimum atomic E-state index is -0.451. The Morgan fingerprint density at radius 2 is 2.00 bits per heavy atom. The summed E-state index contributed by atoms with van der Waals surface area (Å²) in [7, 11) is 0. The van der Waals surface area contributed by atoms with Gasteiger partial charge < -0.3 is 14.6 Å². The molecule has 0 amide bonds. The summed E-state index contributed by atoms with van der Waals surface area (Å²) in [6.45, 7) is 5.62. The molecule has 1 aliphatic rings. The summed E-state index contributed by atoms with van der Waals surface area (Å²) in [6, 6.07) is 0. The van der Waals surface area contributed by atoms with E-state index >= 15 is 0 Å². The molecule has 0 aromatic rings. The second-order valence-electron chi connectivity index (χ2n) is 3.48. The minimum absolute atomic E-state index is 0.00319. The van der Waals surface area contributed by atoms with Crippen LogP contribution in [0.1, 0.15) is 26.7 Å². The van der Waals surface area contributed by atoms with E-state index in [0.29, 0.717) is 25.7 Å². The Morgan fingerprint density at radius 1 is 1.31 bits per heavy atom. The first-order valence-electron chi connectivity index (χ1n) is 5.17. The van der Waals surface area contributed by atoms with Crippen LogP contribution in [-0.4, -0.2) is 37.1 Å². The number of rotatable bonds is 7. The van der Waals surface area contributed by atoms with Gasteiger partial charge in [0.25, 0.3) is 0 Å². The highest BCUT2D eigenvalue weighted by Crippen LogP contribution is 2.35. The normalized spacial score (nSPS) is 21.5. The molecule has 0 radical (unpaired) electrons. The number of aliphatic hydroxyl groups is 1. The Labute approximate surface area is 80.0 Å². The Bertz CT molecular complexity index is 134. The van der Waals surface area contributed by atoms with Crippen LogP contribution in [0, 0.1) is 5.92 Å². The zero-order valence-corrected chi connectivity index (χ0v) is 8.53. The summed E-state index contributed by atoms with van der Waals surface area (Å²) in [4.78, 5) is 0. The van der Waals surface area contributed by atoms with Crippen LogP contribution in [0.3, 0.4) is 0 Å². The third-order valence-electron chi connectivity index (χ3n) is 2.32. The summed E-state index contributed by atoms with van der Waals surface area (Å²) in [5.74, 6) is 0.565. The van der Waals surface area contributed by atoms with E-state index in [1.807, 2.05) is 13.8 Å². The zero-order chi connectivity index (χ0) is 9.68. The molecule has 1 aliphatic carbocycles. The van der Waals surface area contributed by atoms with Gasteiger partial charge in [0.2, 0.25) is 0 Å². The molecule has 0 heterocycles. The van der Waals surface area contributed by atoms with Crippen molar-refractivity contribution in [1.29, 1.82) is 0 Å². The Balaban J connectivity index is 2.25. The summed E-state index contributed by atoms with van der Waals surface area (Å²) in [5.41, 5.74) is 0. The van der Waals surface area contributed by atoms with Crippen LogP contribution in [0.15, 0.2) is 0 Å². The van der Waals surface area contributed by atoms with Crippen LogP contribution < -0.4 is 0 Å². The monoisotopic (exact) mass is 188 g/mol. The zero-order valence-electron chi connectivity index (χ0n) is 8.53. The molecule has 1 saturated carbocycles. The summed E-state index contributed by atoms with van der Waals surface area (Å²) >= 11 is 0. The van der Waals surface area contributed by atoms with Crippen LogP contribution >= 0.6 is 0 Å². The molecule has 3 heteroatoms. The number of hydrogen-bond acceptors (Lipinski definition) is 3. The van der Waals surface area contributed by atoms with Crippen molar-refractivity contribution in [3.8, 4) is 0 Å². The van der Waals surface area contributed by atoms with Gasteiger partial charge in [-0.2, -0.15) is 0 Å². The van der Waals surface area contributed by atoms with E-state index in [1.165, 1.54) is 12.8 Å². The van der Waals surface area contributed by atoms with Crippen molar-refractivity contribution >= 4 is 0 Å². The lowest BCUT2D eigenvalue weighted by molar-refractivity contribution is -0.0765. The van der Waals surface area contributed by atoms with E-state index in [4.69, 9.17) is 9.47 Å². The fourth-order valence-corrected chi connectivity index (χ4v) is 1.51. The van der Waals surface area contributed by atoms with Crippen LogP contribution in [0.25, 0.3) is 0 Å². The standard InChI is InChI=1S/C10H20O3/c1-3-12-7-9(11)10(13-4-2)8-5-6-8/h8-11H,3-7H2,1-2H3. The van der Waals surface area contributed by atoms with Crippen molar-refractivity contribution in [2.45, 2.75) is 38.9 Å². The smallest absolute Gasteiger partial charge is 0.104 e. The van der Waals surface area contributed by atoms with E-state index in [1.54, 1.807) is 0 Å². The molecule has 78 valence electrons. The van der Waals surface area contributed by atoms with Crippen molar-refractivity contribution in [3.63, 3.8) is 0 Å². The van der Waals surface area contributed by atoms with Crippen molar-refractivity contribution in [3.05, 3.63) is 0 Å². The van der Waals surface area contributed by atoms with Crippen molar-refractivity contribution in [1.82, 2.24) is 0 Å². The largest absolute Gasteiger partial charge is 0.388 e. The Kier molecular flexibility index (Phi) is 4.70. The molecule has 13 heavy (non-hydrogen) atoms. The highest BCUT2D eigenvalue weighted by atomic mass is 16.5. The predicted octanol–water partition coefficient (Wildman–Crippen LogP) is 1.20. The minimum Gasteiger partial charge on any atom is -0.388 e. The van der Waals surface area contributed by atoms with Crippen molar-refractivity contribution < 1.29 is 14.6 Å². The van der Waals surface area contributed by atoms with E-state index in [9.17, 15) is 5.11 Å². The molecule has 1 N–H and O–H groups in total.